The molecule has 0 bridgehead atoms. The number of carbonyl (C=O) groups excluding carboxylic acids is 1. The maximum atomic E-state index is 12.9. The van der Waals surface area contributed by atoms with Crippen LogP contribution in [0.25, 0.3) is 0 Å². The van der Waals surface area contributed by atoms with E-state index in [2.05, 4.69) is 27.7 Å². The number of benzene rings is 1. The SMILES string of the molecule is CC1(C)C(C(=O)N2CCCc3cccc(O)c32)C1(C)C. The maximum absolute atomic E-state index is 12.9. The van der Waals surface area contributed by atoms with Crippen LogP contribution in [0.1, 0.15) is 39.7 Å². The summed E-state index contributed by atoms with van der Waals surface area (Å²) in [5.41, 5.74) is 1.89. The molecule has 1 saturated carbocycles. The lowest BCUT2D eigenvalue weighted by Crippen LogP contribution is -2.38. The van der Waals surface area contributed by atoms with Crippen LogP contribution in [0.15, 0.2) is 18.2 Å². The van der Waals surface area contributed by atoms with Crippen LogP contribution in [0.2, 0.25) is 0 Å². The average Bonchev–Trinajstić information content (AvgIpc) is 2.78. The summed E-state index contributed by atoms with van der Waals surface area (Å²) in [4.78, 5) is 14.7. The zero-order valence-electron chi connectivity index (χ0n) is 12.7. The Hall–Kier alpha value is -1.51. The average molecular weight is 273 g/mol. The van der Waals surface area contributed by atoms with Gasteiger partial charge in [0.1, 0.15) is 5.75 Å². The lowest BCUT2D eigenvalue weighted by Gasteiger charge is -2.30. The number of phenolic OH excluding ortho intramolecular Hbond substituents is 1. The minimum Gasteiger partial charge on any atom is -0.506 e. The summed E-state index contributed by atoms with van der Waals surface area (Å²) in [6.07, 6.45) is 1.90. The molecule has 1 heterocycles. The van der Waals surface area contributed by atoms with E-state index in [0.29, 0.717) is 6.54 Å². The van der Waals surface area contributed by atoms with Gasteiger partial charge in [-0.3, -0.25) is 4.79 Å². The lowest BCUT2D eigenvalue weighted by atomic mass is 9.99. The number of hydrogen-bond donors (Lipinski definition) is 1. The molecule has 20 heavy (non-hydrogen) atoms. The molecule has 1 aromatic carbocycles. The van der Waals surface area contributed by atoms with E-state index in [1.165, 1.54) is 0 Å². The summed E-state index contributed by atoms with van der Waals surface area (Å²) in [5, 5.41) is 10.1. The third kappa shape index (κ3) is 1.62. The van der Waals surface area contributed by atoms with E-state index in [9.17, 15) is 9.90 Å². The molecular formula is C17H23NO2. The second-order valence-electron chi connectivity index (χ2n) is 7.25. The Morgan fingerprint density at radius 1 is 1.25 bits per heavy atom. The molecule has 108 valence electrons. The van der Waals surface area contributed by atoms with E-state index in [0.717, 1.165) is 24.1 Å². The van der Waals surface area contributed by atoms with Crippen molar-refractivity contribution in [3.8, 4) is 5.75 Å². The standard InChI is InChI=1S/C17H23NO2/c1-16(2)14(17(16,3)4)15(20)18-10-6-8-11-7-5-9-12(19)13(11)18/h5,7,9,14,19H,6,8,10H2,1-4H3. The zero-order chi connectivity index (χ0) is 14.7. The normalized spacial score (nSPS) is 23.3. The summed E-state index contributed by atoms with van der Waals surface area (Å²) < 4.78 is 0. The maximum Gasteiger partial charge on any atom is 0.231 e. The molecule has 3 rings (SSSR count). The number of nitrogens with zero attached hydrogens (tertiary/aromatic N) is 1. The number of carbonyl (C=O) groups is 1. The second-order valence-corrected chi connectivity index (χ2v) is 7.25. The van der Waals surface area contributed by atoms with Gasteiger partial charge in [-0.25, -0.2) is 0 Å². The first-order valence-electron chi connectivity index (χ1n) is 7.40. The van der Waals surface area contributed by atoms with Gasteiger partial charge in [-0.1, -0.05) is 39.8 Å². The minimum atomic E-state index is 0.0338. The predicted molar refractivity (Wildman–Crippen MR) is 79.8 cm³/mol. The number of phenols is 1. The molecule has 3 heteroatoms. The first-order chi connectivity index (χ1) is 9.28. The van der Waals surface area contributed by atoms with Crippen LogP contribution in [-0.4, -0.2) is 17.6 Å². The molecule has 1 aliphatic carbocycles. The van der Waals surface area contributed by atoms with Crippen molar-refractivity contribution in [1.82, 2.24) is 0 Å². The fraction of sp³-hybridized carbons (Fsp3) is 0.588. The Balaban J connectivity index is 1.97. The van der Waals surface area contributed by atoms with Crippen molar-refractivity contribution in [3.05, 3.63) is 23.8 Å². The molecule has 1 aliphatic heterocycles. The van der Waals surface area contributed by atoms with E-state index in [4.69, 9.17) is 0 Å². The number of anilines is 1. The van der Waals surface area contributed by atoms with Crippen LogP contribution in [0.3, 0.4) is 0 Å². The molecule has 2 aliphatic rings. The van der Waals surface area contributed by atoms with Gasteiger partial charge in [0.2, 0.25) is 5.91 Å². The lowest BCUT2D eigenvalue weighted by molar-refractivity contribution is -0.121. The number of fused-ring (bicyclic) bond motifs is 1. The fourth-order valence-electron chi connectivity index (χ4n) is 3.82. The first kappa shape index (κ1) is 13.5. The van der Waals surface area contributed by atoms with Gasteiger partial charge in [-0.2, -0.15) is 0 Å². The van der Waals surface area contributed by atoms with Crippen molar-refractivity contribution in [1.29, 1.82) is 0 Å². The third-order valence-corrected chi connectivity index (χ3v) is 5.73. The summed E-state index contributed by atoms with van der Waals surface area (Å²) in [7, 11) is 0. The number of aryl methyl sites for hydroxylation is 1. The molecule has 1 N–H and O–H groups in total. The molecule has 0 aromatic heterocycles. The van der Waals surface area contributed by atoms with Crippen molar-refractivity contribution in [2.75, 3.05) is 11.4 Å². The number of para-hydroxylation sites is 1. The van der Waals surface area contributed by atoms with Crippen LogP contribution in [-0.2, 0) is 11.2 Å². The topological polar surface area (TPSA) is 40.5 Å². The Bertz CT molecular complexity index is 560. The quantitative estimate of drug-likeness (QED) is 0.852. The smallest absolute Gasteiger partial charge is 0.231 e. The molecule has 0 unspecified atom stereocenters. The third-order valence-electron chi connectivity index (χ3n) is 5.73. The molecule has 1 aromatic rings. The molecule has 0 saturated heterocycles. The Kier molecular flexibility index (Phi) is 2.69. The number of rotatable bonds is 1. The zero-order valence-corrected chi connectivity index (χ0v) is 12.7. The van der Waals surface area contributed by atoms with Gasteiger partial charge < -0.3 is 10.0 Å². The van der Waals surface area contributed by atoms with Gasteiger partial charge in [-0.15, -0.1) is 0 Å². The molecular weight excluding hydrogens is 250 g/mol. The van der Waals surface area contributed by atoms with Crippen LogP contribution in [0.5, 0.6) is 5.75 Å². The van der Waals surface area contributed by atoms with E-state index in [1.807, 2.05) is 17.0 Å². The van der Waals surface area contributed by atoms with E-state index in [-0.39, 0.29) is 28.4 Å². The molecule has 0 spiro atoms. The van der Waals surface area contributed by atoms with Gasteiger partial charge >= 0.3 is 0 Å². The first-order valence-corrected chi connectivity index (χ1v) is 7.40. The van der Waals surface area contributed by atoms with E-state index < -0.39 is 0 Å². The molecule has 0 atom stereocenters. The van der Waals surface area contributed by atoms with Crippen LogP contribution < -0.4 is 4.90 Å². The van der Waals surface area contributed by atoms with Gasteiger partial charge in [0.15, 0.2) is 0 Å². The van der Waals surface area contributed by atoms with Crippen LogP contribution in [0.4, 0.5) is 5.69 Å². The molecule has 1 fully saturated rings. The Morgan fingerprint density at radius 3 is 2.50 bits per heavy atom. The van der Waals surface area contributed by atoms with Crippen LogP contribution in [0, 0.1) is 16.7 Å². The highest BCUT2D eigenvalue weighted by atomic mass is 16.3. The van der Waals surface area contributed by atoms with E-state index in [1.54, 1.807) is 6.07 Å². The summed E-state index contributed by atoms with van der Waals surface area (Å²) in [6.45, 7) is 9.35. The highest BCUT2D eigenvalue weighted by Gasteiger charge is 2.69. The summed E-state index contributed by atoms with van der Waals surface area (Å²) >= 11 is 0. The van der Waals surface area contributed by atoms with Crippen molar-refractivity contribution in [2.24, 2.45) is 16.7 Å². The van der Waals surface area contributed by atoms with Gasteiger partial charge in [-0.05, 0) is 35.3 Å². The number of hydrogen-bond acceptors (Lipinski definition) is 2. The highest BCUT2D eigenvalue weighted by molar-refractivity contribution is 6.00. The van der Waals surface area contributed by atoms with Gasteiger partial charge in [0.25, 0.3) is 0 Å². The second kappa shape index (κ2) is 4.00. The Morgan fingerprint density at radius 2 is 1.90 bits per heavy atom. The molecule has 3 nitrogen and oxygen atoms in total. The van der Waals surface area contributed by atoms with Crippen LogP contribution >= 0.6 is 0 Å². The summed E-state index contributed by atoms with van der Waals surface area (Å²) in [5.74, 6) is 0.440. The van der Waals surface area contributed by atoms with E-state index >= 15 is 0 Å². The van der Waals surface area contributed by atoms with Crippen molar-refractivity contribution >= 4 is 11.6 Å². The fourth-order valence-corrected chi connectivity index (χ4v) is 3.82. The summed E-state index contributed by atoms with van der Waals surface area (Å²) in [6, 6.07) is 5.54. The largest absolute Gasteiger partial charge is 0.506 e. The van der Waals surface area contributed by atoms with Crippen molar-refractivity contribution in [3.63, 3.8) is 0 Å². The molecule has 0 radical (unpaired) electrons. The minimum absolute atomic E-state index is 0.0338. The van der Waals surface area contributed by atoms with Crippen molar-refractivity contribution in [2.45, 2.75) is 40.5 Å². The van der Waals surface area contributed by atoms with Gasteiger partial charge in [0.05, 0.1) is 5.69 Å². The molecule has 1 amide bonds. The number of aromatic hydroxyl groups is 1. The highest BCUT2D eigenvalue weighted by Crippen LogP contribution is 2.69. The Labute approximate surface area is 120 Å². The van der Waals surface area contributed by atoms with Crippen molar-refractivity contribution < 1.29 is 9.90 Å². The predicted octanol–water partition coefficient (Wildman–Crippen LogP) is 3.35. The number of amides is 1. The van der Waals surface area contributed by atoms with Gasteiger partial charge in [0, 0.05) is 12.5 Å². The monoisotopic (exact) mass is 273 g/mol.